The fraction of sp³-hybridized carbons (Fsp3) is 0.353. The van der Waals surface area contributed by atoms with Gasteiger partial charge in [-0.1, -0.05) is 36.8 Å². The Kier molecular flexibility index (Phi) is 3.59. The minimum Gasteiger partial charge on any atom is -0.257 e. The van der Waals surface area contributed by atoms with Crippen LogP contribution in [0.3, 0.4) is 0 Å². The molecule has 2 aliphatic rings. The smallest absolute Gasteiger partial charge is 0.177 e. The molecule has 0 saturated heterocycles. The van der Waals surface area contributed by atoms with Crippen LogP contribution < -0.4 is 0 Å². The first-order valence-corrected chi connectivity index (χ1v) is 7.14. The molecule has 1 aromatic heterocycles. The highest BCUT2D eigenvalue weighted by Crippen LogP contribution is 2.26. The molecule has 0 amide bonds. The lowest BCUT2D eigenvalue weighted by Crippen LogP contribution is -2.04. The predicted molar refractivity (Wildman–Crippen MR) is 82.5 cm³/mol. The summed E-state index contributed by atoms with van der Waals surface area (Å²) in [5.74, 6) is 1.64. The van der Waals surface area contributed by atoms with Gasteiger partial charge in [-0.3, -0.25) is 4.99 Å². The van der Waals surface area contributed by atoms with E-state index >= 15 is 0 Å². The SMILES string of the molecule is CC1=CCC(c2cnc(C3=CCC(C)C=N3)nc2)C=C1. The molecule has 3 nitrogen and oxygen atoms in total. The van der Waals surface area contributed by atoms with E-state index in [1.165, 1.54) is 11.1 Å². The molecule has 0 bridgehead atoms. The van der Waals surface area contributed by atoms with Gasteiger partial charge in [-0.25, -0.2) is 9.97 Å². The van der Waals surface area contributed by atoms with Crippen molar-refractivity contribution in [1.29, 1.82) is 0 Å². The monoisotopic (exact) mass is 265 g/mol. The number of nitrogens with zero attached hydrogens (tertiary/aromatic N) is 3. The number of aliphatic imine (C=N–C) groups is 1. The molecule has 1 aliphatic heterocycles. The minimum absolute atomic E-state index is 0.400. The summed E-state index contributed by atoms with van der Waals surface area (Å²) in [5, 5.41) is 0. The maximum absolute atomic E-state index is 4.47. The largest absolute Gasteiger partial charge is 0.257 e. The molecule has 2 atom stereocenters. The summed E-state index contributed by atoms with van der Waals surface area (Å²) >= 11 is 0. The highest BCUT2D eigenvalue weighted by molar-refractivity contribution is 5.75. The molecule has 3 heteroatoms. The standard InChI is InChI=1S/C17H19N3/c1-12-3-6-14(7-4-12)15-10-19-17(20-11-15)16-8-5-13(2)9-18-16/h3-4,6,8-11,13-14H,5,7H2,1-2H3. The second kappa shape index (κ2) is 5.53. The molecule has 0 fully saturated rings. The first-order valence-electron chi connectivity index (χ1n) is 7.14. The van der Waals surface area contributed by atoms with Crippen LogP contribution in [-0.4, -0.2) is 16.2 Å². The van der Waals surface area contributed by atoms with Gasteiger partial charge in [0.05, 0.1) is 0 Å². The van der Waals surface area contributed by atoms with Crippen LogP contribution in [0.4, 0.5) is 0 Å². The van der Waals surface area contributed by atoms with Crippen LogP contribution >= 0.6 is 0 Å². The zero-order valence-electron chi connectivity index (χ0n) is 12.0. The zero-order chi connectivity index (χ0) is 13.9. The third kappa shape index (κ3) is 2.77. The lowest BCUT2D eigenvalue weighted by atomic mass is 9.92. The summed E-state index contributed by atoms with van der Waals surface area (Å²) < 4.78 is 0. The molecule has 3 rings (SSSR count). The summed E-state index contributed by atoms with van der Waals surface area (Å²) in [6.07, 6.45) is 16.7. The molecule has 2 unspecified atom stereocenters. The summed E-state index contributed by atoms with van der Waals surface area (Å²) in [6, 6.07) is 0. The second-order valence-electron chi connectivity index (χ2n) is 5.57. The van der Waals surface area contributed by atoms with Crippen LogP contribution in [0, 0.1) is 5.92 Å². The molecule has 0 aromatic carbocycles. The van der Waals surface area contributed by atoms with E-state index in [1.54, 1.807) is 0 Å². The number of allylic oxidation sites excluding steroid dienone is 5. The van der Waals surface area contributed by atoms with Crippen molar-refractivity contribution in [2.75, 3.05) is 0 Å². The summed E-state index contributed by atoms with van der Waals surface area (Å²) in [6.45, 7) is 4.28. The van der Waals surface area contributed by atoms with Crippen LogP contribution in [0.25, 0.3) is 5.70 Å². The van der Waals surface area contributed by atoms with Gasteiger partial charge < -0.3 is 0 Å². The Bertz CT molecular complexity index is 606. The van der Waals surface area contributed by atoms with Gasteiger partial charge in [0.2, 0.25) is 0 Å². The van der Waals surface area contributed by atoms with E-state index in [4.69, 9.17) is 0 Å². The minimum atomic E-state index is 0.400. The molecule has 0 saturated carbocycles. The van der Waals surface area contributed by atoms with E-state index in [1.807, 2.05) is 18.6 Å². The normalized spacial score (nSPS) is 25.3. The third-order valence-electron chi connectivity index (χ3n) is 3.77. The Morgan fingerprint density at radius 2 is 1.90 bits per heavy atom. The Balaban J connectivity index is 1.76. The fourth-order valence-corrected chi connectivity index (χ4v) is 2.40. The highest BCUT2D eigenvalue weighted by atomic mass is 14.9. The van der Waals surface area contributed by atoms with Crippen LogP contribution in [0.2, 0.25) is 0 Å². The van der Waals surface area contributed by atoms with Crippen molar-refractivity contribution in [3.63, 3.8) is 0 Å². The fourth-order valence-electron chi connectivity index (χ4n) is 2.40. The van der Waals surface area contributed by atoms with Crippen molar-refractivity contribution in [2.24, 2.45) is 10.9 Å². The van der Waals surface area contributed by atoms with Crippen molar-refractivity contribution in [3.05, 3.63) is 53.7 Å². The first kappa shape index (κ1) is 13.0. The van der Waals surface area contributed by atoms with Crippen LogP contribution in [0.15, 0.2) is 47.3 Å². The molecule has 0 radical (unpaired) electrons. The molecule has 0 N–H and O–H groups in total. The number of hydrogen-bond acceptors (Lipinski definition) is 3. The van der Waals surface area contributed by atoms with Gasteiger partial charge >= 0.3 is 0 Å². The van der Waals surface area contributed by atoms with Gasteiger partial charge in [0.25, 0.3) is 0 Å². The summed E-state index contributed by atoms with van der Waals surface area (Å²) in [5.41, 5.74) is 3.39. The van der Waals surface area contributed by atoms with E-state index in [-0.39, 0.29) is 0 Å². The molecule has 102 valence electrons. The van der Waals surface area contributed by atoms with E-state index in [0.29, 0.717) is 11.8 Å². The lowest BCUT2D eigenvalue weighted by Gasteiger charge is -2.15. The molecular weight excluding hydrogens is 246 g/mol. The average molecular weight is 265 g/mol. The van der Waals surface area contributed by atoms with Gasteiger partial charge in [0.1, 0.15) is 5.70 Å². The maximum Gasteiger partial charge on any atom is 0.177 e. The van der Waals surface area contributed by atoms with Crippen LogP contribution in [-0.2, 0) is 0 Å². The van der Waals surface area contributed by atoms with Gasteiger partial charge in [0, 0.05) is 24.5 Å². The lowest BCUT2D eigenvalue weighted by molar-refractivity contribution is 0.795. The van der Waals surface area contributed by atoms with E-state index < -0.39 is 0 Å². The summed E-state index contributed by atoms with van der Waals surface area (Å²) in [7, 11) is 0. The Morgan fingerprint density at radius 3 is 2.50 bits per heavy atom. The first-order chi connectivity index (χ1) is 9.72. The summed E-state index contributed by atoms with van der Waals surface area (Å²) in [4.78, 5) is 13.4. The molecule has 1 aromatic rings. The molecule has 2 heterocycles. The van der Waals surface area contributed by atoms with Crippen molar-refractivity contribution in [1.82, 2.24) is 9.97 Å². The Labute approximate surface area is 119 Å². The van der Waals surface area contributed by atoms with Gasteiger partial charge in [-0.15, -0.1) is 0 Å². The number of rotatable bonds is 2. The second-order valence-corrected chi connectivity index (χ2v) is 5.57. The van der Waals surface area contributed by atoms with Crippen molar-refractivity contribution < 1.29 is 0 Å². The molecule has 0 spiro atoms. The number of aromatic nitrogens is 2. The quantitative estimate of drug-likeness (QED) is 0.813. The Hall–Kier alpha value is -2.03. The highest BCUT2D eigenvalue weighted by Gasteiger charge is 2.13. The van der Waals surface area contributed by atoms with Gasteiger partial charge in [0.15, 0.2) is 5.82 Å². The third-order valence-corrected chi connectivity index (χ3v) is 3.77. The predicted octanol–water partition coefficient (Wildman–Crippen LogP) is 3.92. The topological polar surface area (TPSA) is 38.1 Å². The van der Waals surface area contributed by atoms with Gasteiger partial charge in [-0.2, -0.15) is 0 Å². The number of hydrogen-bond donors (Lipinski definition) is 0. The van der Waals surface area contributed by atoms with E-state index in [0.717, 1.165) is 24.4 Å². The van der Waals surface area contributed by atoms with Crippen LogP contribution in [0.5, 0.6) is 0 Å². The zero-order valence-corrected chi connectivity index (χ0v) is 12.0. The van der Waals surface area contributed by atoms with Crippen LogP contribution in [0.1, 0.15) is 44.0 Å². The maximum atomic E-state index is 4.47. The Morgan fingerprint density at radius 1 is 1.10 bits per heavy atom. The van der Waals surface area contributed by atoms with Crippen molar-refractivity contribution in [2.45, 2.75) is 32.6 Å². The van der Waals surface area contributed by atoms with Crippen molar-refractivity contribution >= 4 is 11.9 Å². The molecular formula is C17H19N3. The van der Waals surface area contributed by atoms with Crippen molar-refractivity contribution in [3.8, 4) is 0 Å². The van der Waals surface area contributed by atoms with E-state index in [2.05, 4.69) is 53.1 Å². The average Bonchev–Trinajstić information content (AvgIpc) is 2.49. The molecule has 20 heavy (non-hydrogen) atoms. The van der Waals surface area contributed by atoms with E-state index in [9.17, 15) is 0 Å². The molecule has 1 aliphatic carbocycles. The van der Waals surface area contributed by atoms with Gasteiger partial charge in [-0.05, 0) is 31.2 Å².